The van der Waals surface area contributed by atoms with Crippen molar-refractivity contribution in [2.75, 3.05) is 13.7 Å². The molecule has 2 aromatic carbocycles. The lowest BCUT2D eigenvalue weighted by molar-refractivity contribution is 0.0730. The number of hydrogen-bond donors (Lipinski definition) is 1. The maximum Gasteiger partial charge on any atom is 0.254 e. The molecule has 132 valence electrons. The number of carbonyl (C=O) groups excluding carboxylic acids is 1. The Morgan fingerprint density at radius 2 is 1.92 bits per heavy atom. The third-order valence-electron chi connectivity index (χ3n) is 4.70. The van der Waals surface area contributed by atoms with E-state index in [1.54, 1.807) is 31.4 Å². The number of likely N-dealkylation sites (tertiary alicyclic amines) is 1. The van der Waals surface area contributed by atoms with Crippen LogP contribution in [-0.4, -0.2) is 39.6 Å². The Morgan fingerprint density at radius 3 is 2.65 bits per heavy atom. The predicted molar refractivity (Wildman–Crippen MR) is 97.8 cm³/mol. The number of ether oxygens (including phenoxy) is 1. The van der Waals surface area contributed by atoms with Gasteiger partial charge in [0.05, 0.1) is 13.2 Å². The standard InChI is InChI=1S/C20H20N4O2/c1-26-16-11-9-15(10-12-16)20(25)24-13-5-8-17(24)19-21-18(22-23-19)14-6-3-2-4-7-14/h2-4,6-7,9-12,17H,5,8,13H2,1H3,(H,21,22,23). The molecule has 2 heterocycles. The lowest BCUT2D eigenvalue weighted by Crippen LogP contribution is -2.31. The van der Waals surface area contributed by atoms with Crippen LogP contribution < -0.4 is 4.74 Å². The summed E-state index contributed by atoms with van der Waals surface area (Å²) >= 11 is 0. The van der Waals surface area contributed by atoms with Gasteiger partial charge in [0.25, 0.3) is 5.91 Å². The molecule has 6 heteroatoms. The maximum absolute atomic E-state index is 12.9. The summed E-state index contributed by atoms with van der Waals surface area (Å²) < 4.78 is 5.16. The summed E-state index contributed by atoms with van der Waals surface area (Å²) in [6, 6.07) is 17.0. The van der Waals surface area contributed by atoms with Gasteiger partial charge in [0, 0.05) is 17.7 Å². The van der Waals surface area contributed by atoms with Gasteiger partial charge in [-0.15, -0.1) is 0 Å². The van der Waals surface area contributed by atoms with Crippen LogP contribution in [0, 0.1) is 0 Å². The first-order chi connectivity index (χ1) is 12.8. The minimum absolute atomic E-state index is 0.00724. The molecule has 1 fully saturated rings. The summed E-state index contributed by atoms with van der Waals surface area (Å²) in [5, 5.41) is 7.36. The first-order valence-electron chi connectivity index (χ1n) is 8.69. The van der Waals surface area contributed by atoms with Gasteiger partial charge in [0.1, 0.15) is 11.6 Å². The van der Waals surface area contributed by atoms with Crippen LogP contribution in [0.5, 0.6) is 5.75 Å². The number of rotatable bonds is 4. The van der Waals surface area contributed by atoms with Crippen LogP contribution in [0.2, 0.25) is 0 Å². The maximum atomic E-state index is 12.9. The van der Waals surface area contributed by atoms with Crippen molar-refractivity contribution in [2.24, 2.45) is 0 Å². The van der Waals surface area contributed by atoms with Crippen molar-refractivity contribution in [3.8, 4) is 17.1 Å². The molecule has 1 saturated heterocycles. The SMILES string of the molecule is COc1ccc(C(=O)N2CCCC2c2nc(-c3ccccc3)n[nH]2)cc1. The second-order valence-electron chi connectivity index (χ2n) is 6.30. The van der Waals surface area contributed by atoms with Crippen molar-refractivity contribution in [3.05, 3.63) is 66.0 Å². The second-order valence-corrected chi connectivity index (χ2v) is 6.30. The highest BCUT2D eigenvalue weighted by molar-refractivity contribution is 5.94. The molecular weight excluding hydrogens is 328 g/mol. The molecule has 1 aliphatic heterocycles. The topological polar surface area (TPSA) is 71.1 Å². The highest BCUT2D eigenvalue weighted by Crippen LogP contribution is 2.32. The van der Waals surface area contributed by atoms with E-state index < -0.39 is 0 Å². The molecule has 0 bridgehead atoms. The molecule has 0 radical (unpaired) electrons. The smallest absolute Gasteiger partial charge is 0.254 e. The lowest BCUT2D eigenvalue weighted by atomic mass is 10.1. The van der Waals surface area contributed by atoms with Crippen molar-refractivity contribution in [1.29, 1.82) is 0 Å². The quantitative estimate of drug-likeness (QED) is 0.784. The van der Waals surface area contributed by atoms with Gasteiger partial charge in [-0.05, 0) is 37.1 Å². The highest BCUT2D eigenvalue weighted by Gasteiger charge is 2.33. The first-order valence-corrected chi connectivity index (χ1v) is 8.69. The molecular formula is C20H20N4O2. The fourth-order valence-corrected chi connectivity index (χ4v) is 3.33. The molecule has 0 aliphatic carbocycles. The molecule has 0 spiro atoms. The Hall–Kier alpha value is -3.15. The average Bonchev–Trinajstić information content (AvgIpc) is 3.37. The number of amides is 1. The van der Waals surface area contributed by atoms with Crippen LogP contribution in [0.4, 0.5) is 0 Å². The third-order valence-corrected chi connectivity index (χ3v) is 4.70. The van der Waals surface area contributed by atoms with Crippen LogP contribution in [-0.2, 0) is 0 Å². The number of nitrogens with zero attached hydrogens (tertiary/aromatic N) is 3. The van der Waals surface area contributed by atoms with E-state index in [1.807, 2.05) is 35.2 Å². The number of carbonyl (C=O) groups is 1. The Morgan fingerprint density at radius 1 is 1.15 bits per heavy atom. The van der Waals surface area contributed by atoms with E-state index in [0.29, 0.717) is 11.4 Å². The zero-order chi connectivity index (χ0) is 17.9. The van der Waals surface area contributed by atoms with E-state index >= 15 is 0 Å². The Balaban J connectivity index is 1.56. The van der Waals surface area contributed by atoms with Gasteiger partial charge in [-0.25, -0.2) is 4.98 Å². The summed E-state index contributed by atoms with van der Waals surface area (Å²) in [6.45, 7) is 0.719. The molecule has 1 N–H and O–H groups in total. The predicted octanol–water partition coefficient (Wildman–Crippen LogP) is 3.46. The fourth-order valence-electron chi connectivity index (χ4n) is 3.33. The molecule has 1 aliphatic rings. The number of methoxy groups -OCH3 is 1. The summed E-state index contributed by atoms with van der Waals surface area (Å²) in [7, 11) is 1.61. The van der Waals surface area contributed by atoms with Crippen LogP contribution >= 0.6 is 0 Å². The molecule has 1 amide bonds. The zero-order valence-corrected chi connectivity index (χ0v) is 14.6. The Kier molecular flexibility index (Phi) is 4.39. The van der Waals surface area contributed by atoms with Gasteiger partial charge < -0.3 is 9.64 Å². The van der Waals surface area contributed by atoms with E-state index in [-0.39, 0.29) is 11.9 Å². The van der Waals surface area contributed by atoms with Crippen molar-refractivity contribution in [1.82, 2.24) is 20.1 Å². The monoisotopic (exact) mass is 348 g/mol. The van der Waals surface area contributed by atoms with Crippen LogP contribution in [0.3, 0.4) is 0 Å². The molecule has 6 nitrogen and oxygen atoms in total. The number of aromatic nitrogens is 3. The Bertz CT molecular complexity index is 890. The largest absolute Gasteiger partial charge is 0.497 e. The van der Waals surface area contributed by atoms with Crippen LogP contribution in [0.25, 0.3) is 11.4 Å². The fraction of sp³-hybridized carbons (Fsp3) is 0.250. The lowest BCUT2D eigenvalue weighted by Gasteiger charge is -2.23. The van der Waals surface area contributed by atoms with Gasteiger partial charge >= 0.3 is 0 Å². The third kappa shape index (κ3) is 3.06. The first kappa shape index (κ1) is 16.3. The minimum atomic E-state index is -0.0745. The Labute approximate surface area is 151 Å². The van der Waals surface area contributed by atoms with Crippen molar-refractivity contribution < 1.29 is 9.53 Å². The number of hydrogen-bond acceptors (Lipinski definition) is 4. The van der Waals surface area contributed by atoms with E-state index in [2.05, 4.69) is 15.2 Å². The number of aromatic amines is 1. The van der Waals surface area contributed by atoms with E-state index in [9.17, 15) is 4.79 Å². The molecule has 1 aromatic heterocycles. The van der Waals surface area contributed by atoms with E-state index in [4.69, 9.17) is 4.74 Å². The molecule has 1 unspecified atom stereocenters. The molecule has 3 aromatic rings. The van der Waals surface area contributed by atoms with Crippen LogP contribution in [0.15, 0.2) is 54.6 Å². The molecule has 1 atom stereocenters. The molecule has 26 heavy (non-hydrogen) atoms. The van der Waals surface area contributed by atoms with Crippen molar-refractivity contribution in [2.45, 2.75) is 18.9 Å². The number of benzene rings is 2. The van der Waals surface area contributed by atoms with Gasteiger partial charge in [-0.1, -0.05) is 30.3 Å². The van der Waals surface area contributed by atoms with Crippen molar-refractivity contribution >= 4 is 5.91 Å². The summed E-state index contributed by atoms with van der Waals surface area (Å²) in [5.41, 5.74) is 1.61. The zero-order valence-electron chi connectivity index (χ0n) is 14.6. The molecule has 0 saturated carbocycles. The normalized spacial score (nSPS) is 16.7. The van der Waals surface area contributed by atoms with Gasteiger partial charge in [-0.3, -0.25) is 9.89 Å². The summed E-state index contributed by atoms with van der Waals surface area (Å²) in [5.74, 6) is 2.14. The molecule has 4 rings (SSSR count). The van der Waals surface area contributed by atoms with Crippen molar-refractivity contribution in [3.63, 3.8) is 0 Å². The van der Waals surface area contributed by atoms with Gasteiger partial charge in [-0.2, -0.15) is 5.10 Å². The van der Waals surface area contributed by atoms with Gasteiger partial charge in [0.2, 0.25) is 0 Å². The minimum Gasteiger partial charge on any atom is -0.497 e. The van der Waals surface area contributed by atoms with Gasteiger partial charge in [0.15, 0.2) is 5.82 Å². The number of H-pyrrole nitrogens is 1. The number of nitrogens with one attached hydrogen (secondary N) is 1. The average molecular weight is 348 g/mol. The van der Waals surface area contributed by atoms with E-state index in [0.717, 1.165) is 36.5 Å². The van der Waals surface area contributed by atoms with Crippen LogP contribution in [0.1, 0.15) is 35.1 Å². The highest BCUT2D eigenvalue weighted by atomic mass is 16.5. The summed E-state index contributed by atoms with van der Waals surface area (Å²) in [4.78, 5) is 19.4. The summed E-state index contributed by atoms with van der Waals surface area (Å²) in [6.07, 6.45) is 1.83. The van der Waals surface area contributed by atoms with E-state index in [1.165, 1.54) is 0 Å². The second kappa shape index (κ2) is 7.00.